The van der Waals surface area contributed by atoms with E-state index in [1.165, 1.54) is 25.0 Å². The molecule has 3 nitrogen and oxygen atoms in total. The normalized spacial score (nSPS) is 42.2. The number of hydrogen-bond acceptors (Lipinski definition) is 2. The number of halogens is 3. The second kappa shape index (κ2) is 7.14. The SMILES string of the molecule is C[C@]12CC[C@@H]3[C@@H](CCC4NC(=O)CC[C@@]43C)[C@@H]1CC(Oc1ccc(C(F)(F)F)cc1)C2. The Morgan fingerprint density at radius 1 is 1.03 bits per heavy atom. The zero-order chi connectivity index (χ0) is 22.0. The van der Waals surface area contributed by atoms with Crippen LogP contribution in [0, 0.1) is 28.6 Å². The van der Waals surface area contributed by atoms with Crippen LogP contribution in [0.1, 0.15) is 70.8 Å². The van der Waals surface area contributed by atoms with E-state index in [9.17, 15) is 18.0 Å². The number of piperidine rings is 1. The summed E-state index contributed by atoms with van der Waals surface area (Å²) in [7, 11) is 0. The molecule has 0 aromatic heterocycles. The van der Waals surface area contributed by atoms with Crippen LogP contribution in [-0.4, -0.2) is 18.1 Å². The van der Waals surface area contributed by atoms with Gasteiger partial charge in [0.15, 0.2) is 0 Å². The molecule has 7 atom stereocenters. The van der Waals surface area contributed by atoms with Crippen molar-refractivity contribution < 1.29 is 22.7 Å². The Labute approximate surface area is 182 Å². The summed E-state index contributed by atoms with van der Waals surface area (Å²) >= 11 is 0. The summed E-state index contributed by atoms with van der Waals surface area (Å²) in [5.74, 6) is 2.60. The molecule has 6 heteroatoms. The molecule has 2 unspecified atom stereocenters. The largest absolute Gasteiger partial charge is 0.490 e. The maximum absolute atomic E-state index is 12.8. The van der Waals surface area contributed by atoms with Gasteiger partial charge >= 0.3 is 6.18 Å². The van der Waals surface area contributed by atoms with E-state index in [0.29, 0.717) is 36.0 Å². The summed E-state index contributed by atoms with van der Waals surface area (Å²) in [6.45, 7) is 4.78. The number of alkyl halides is 3. The summed E-state index contributed by atoms with van der Waals surface area (Å²) in [5, 5.41) is 3.27. The number of rotatable bonds is 2. The van der Waals surface area contributed by atoms with Crippen molar-refractivity contribution in [1.82, 2.24) is 5.32 Å². The van der Waals surface area contributed by atoms with E-state index in [1.54, 1.807) is 0 Å². The third-order valence-electron chi connectivity index (χ3n) is 9.31. The quantitative estimate of drug-likeness (QED) is 0.621. The molecule has 3 saturated carbocycles. The maximum atomic E-state index is 12.8. The van der Waals surface area contributed by atoms with Gasteiger partial charge in [-0.2, -0.15) is 13.2 Å². The smallest absolute Gasteiger partial charge is 0.416 e. The molecule has 1 saturated heterocycles. The molecule has 0 bridgehead atoms. The van der Waals surface area contributed by atoms with E-state index in [-0.39, 0.29) is 22.8 Å². The van der Waals surface area contributed by atoms with Crippen LogP contribution >= 0.6 is 0 Å². The molecule has 3 aliphatic carbocycles. The van der Waals surface area contributed by atoms with Crippen LogP contribution in [-0.2, 0) is 11.0 Å². The van der Waals surface area contributed by atoms with E-state index < -0.39 is 11.7 Å². The highest BCUT2D eigenvalue weighted by atomic mass is 19.4. The lowest BCUT2D eigenvalue weighted by Crippen LogP contribution is -2.60. The highest BCUT2D eigenvalue weighted by molar-refractivity contribution is 5.77. The molecule has 1 aliphatic heterocycles. The van der Waals surface area contributed by atoms with Crippen LogP contribution in [0.4, 0.5) is 13.2 Å². The summed E-state index contributed by atoms with van der Waals surface area (Å²) in [6, 6.07) is 5.42. The number of benzene rings is 1. The minimum absolute atomic E-state index is 0.0575. The van der Waals surface area contributed by atoms with Crippen molar-refractivity contribution >= 4 is 5.91 Å². The van der Waals surface area contributed by atoms with Crippen molar-refractivity contribution in [3.63, 3.8) is 0 Å². The molecule has 4 aliphatic rings. The number of nitrogens with one attached hydrogen (secondary N) is 1. The van der Waals surface area contributed by atoms with E-state index in [2.05, 4.69) is 19.2 Å². The summed E-state index contributed by atoms with van der Waals surface area (Å²) in [6.07, 6.45) is 3.88. The fourth-order valence-electron chi connectivity index (χ4n) is 7.70. The van der Waals surface area contributed by atoms with E-state index >= 15 is 0 Å². The van der Waals surface area contributed by atoms with Gasteiger partial charge in [-0.05, 0) is 97.8 Å². The lowest BCUT2D eigenvalue weighted by Gasteiger charge is -2.59. The third-order valence-corrected chi connectivity index (χ3v) is 9.31. The summed E-state index contributed by atoms with van der Waals surface area (Å²) in [5.41, 5.74) is -0.219. The van der Waals surface area contributed by atoms with Crippen molar-refractivity contribution in [2.24, 2.45) is 28.6 Å². The van der Waals surface area contributed by atoms with Gasteiger partial charge in [0, 0.05) is 12.5 Å². The van der Waals surface area contributed by atoms with Crippen LogP contribution in [0.25, 0.3) is 0 Å². The number of amides is 1. The van der Waals surface area contributed by atoms with E-state index in [1.807, 2.05) is 0 Å². The zero-order valence-electron chi connectivity index (χ0n) is 18.3. The molecular weight excluding hydrogens is 403 g/mol. The first-order valence-electron chi connectivity index (χ1n) is 11.7. The Kier molecular flexibility index (Phi) is 4.87. The Morgan fingerprint density at radius 2 is 1.77 bits per heavy atom. The predicted molar refractivity (Wildman–Crippen MR) is 111 cm³/mol. The summed E-state index contributed by atoms with van der Waals surface area (Å²) in [4.78, 5) is 12.0. The number of fused-ring (bicyclic) bond motifs is 5. The Bertz CT molecular complexity index is 853. The van der Waals surface area contributed by atoms with Gasteiger partial charge in [0.2, 0.25) is 5.91 Å². The van der Waals surface area contributed by atoms with Gasteiger partial charge in [0.25, 0.3) is 0 Å². The van der Waals surface area contributed by atoms with Gasteiger partial charge in [0.05, 0.1) is 11.7 Å². The Morgan fingerprint density at radius 3 is 2.48 bits per heavy atom. The van der Waals surface area contributed by atoms with Gasteiger partial charge in [-0.3, -0.25) is 4.79 Å². The van der Waals surface area contributed by atoms with Crippen LogP contribution in [0.5, 0.6) is 5.75 Å². The Hall–Kier alpha value is -1.72. The first-order chi connectivity index (χ1) is 14.6. The minimum Gasteiger partial charge on any atom is -0.490 e. The van der Waals surface area contributed by atoms with Gasteiger partial charge in [0.1, 0.15) is 5.75 Å². The van der Waals surface area contributed by atoms with Crippen LogP contribution < -0.4 is 10.1 Å². The highest BCUT2D eigenvalue weighted by Gasteiger charge is 2.59. The molecule has 5 rings (SSSR count). The molecule has 0 radical (unpaired) electrons. The number of ether oxygens (including phenoxy) is 1. The maximum Gasteiger partial charge on any atom is 0.416 e. The molecule has 1 amide bonds. The third kappa shape index (κ3) is 3.54. The van der Waals surface area contributed by atoms with Gasteiger partial charge in [-0.15, -0.1) is 0 Å². The number of hydrogen-bond donors (Lipinski definition) is 1. The first-order valence-corrected chi connectivity index (χ1v) is 11.7. The highest BCUT2D eigenvalue weighted by Crippen LogP contribution is 2.64. The minimum atomic E-state index is -4.32. The lowest BCUT2D eigenvalue weighted by atomic mass is 9.48. The second-order valence-electron chi connectivity index (χ2n) is 11.0. The fraction of sp³-hybridized carbons (Fsp3) is 0.720. The molecule has 170 valence electrons. The Balaban J connectivity index is 1.31. The molecule has 1 aromatic carbocycles. The van der Waals surface area contributed by atoms with Crippen LogP contribution in [0.15, 0.2) is 24.3 Å². The average molecular weight is 436 g/mol. The molecule has 1 heterocycles. The van der Waals surface area contributed by atoms with Crippen molar-refractivity contribution in [1.29, 1.82) is 0 Å². The zero-order valence-corrected chi connectivity index (χ0v) is 18.3. The number of carbonyl (C=O) groups excluding carboxylic acids is 1. The van der Waals surface area contributed by atoms with Crippen molar-refractivity contribution in [2.75, 3.05) is 0 Å². The van der Waals surface area contributed by atoms with Gasteiger partial charge in [-0.25, -0.2) is 0 Å². The predicted octanol–water partition coefficient (Wildman–Crippen LogP) is 5.97. The molecule has 4 fully saturated rings. The first kappa shape index (κ1) is 21.1. The molecular formula is C25H32F3NO2. The molecule has 31 heavy (non-hydrogen) atoms. The fourth-order valence-corrected chi connectivity index (χ4v) is 7.70. The van der Waals surface area contributed by atoms with E-state index in [0.717, 1.165) is 44.2 Å². The molecule has 1 aromatic rings. The second-order valence-corrected chi connectivity index (χ2v) is 11.0. The lowest BCUT2D eigenvalue weighted by molar-refractivity contribution is -0.137. The van der Waals surface area contributed by atoms with Crippen LogP contribution in [0.2, 0.25) is 0 Å². The topological polar surface area (TPSA) is 38.3 Å². The van der Waals surface area contributed by atoms with Crippen molar-refractivity contribution in [2.45, 2.75) is 83.5 Å². The van der Waals surface area contributed by atoms with Gasteiger partial charge < -0.3 is 10.1 Å². The van der Waals surface area contributed by atoms with Gasteiger partial charge in [-0.1, -0.05) is 13.8 Å². The molecule has 1 N–H and O–H groups in total. The molecule has 0 spiro atoms. The standard InChI is InChI=1S/C25H32F3NO2/c1-23-11-9-19-18(7-8-21-24(19,2)12-10-22(30)29-21)20(23)13-17(14-23)31-16-5-3-15(4-6-16)25(26,27)28/h3-6,17-21H,7-14H2,1-2H3,(H,29,30)/t17?,18-,19-,20+,21?,23-,24-/m1/s1. The monoisotopic (exact) mass is 435 g/mol. The van der Waals surface area contributed by atoms with E-state index in [4.69, 9.17) is 4.74 Å². The van der Waals surface area contributed by atoms with Crippen LogP contribution in [0.3, 0.4) is 0 Å². The number of carbonyl (C=O) groups is 1. The summed E-state index contributed by atoms with van der Waals surface area (Å²) < 4.78 is 44.7. The average Bonchev–Trinajstić information content (AvgIpc) is 3.04. The van der Waals surface area contributed by atoms with Crippen molar-refractivity contribution in [3.05, 3.63) is 29.8 Å². The van der Waals surface area contributed by atoms with Crippen molar-refractivity contribution in [3.8, 4) is 5.75 Å².